The molecule has 0 spiro atoms. The molecule has 0 saturated heterocycles. The number of primary amides is 1. The maximum atomic E-state index is 14.9. The second-order valence-electron chi connectivity index (χ2n) is 17.1. The lowest BCUT2D eigenvalue weighted by Crippen LogP contribution is -2.61. The van der Waals surface area contributed by atoms with Crippen LogP contribution < -0.4 is 72.5 Å². The molecule has 380 valence electrons. The van der Waals surface area contributed by atoms with E-state index in [9.17, 15) is 28.8 Å². The predicted octanol–water partition coefficient (Wildman–Crippen LogP) is -2.12. The molecule has 4 aromatic rings. The van der Waals surface area contributed by atoms with Crippen LogP contribution in [-0.2, 0) is 41.6 Å². The van der Waals surface area contributed by atoms with Gasteiger partial charge in [-0.25, -0.2) is 0 Å². The first-order chi connectivity index (χ1) is 33.4. The minimum atomic E-state index is -1.33. The molecule has 0 radical (unpaired) electrons. The van der Waals surface area contributed by atoms with Crippen LogP contribution >= 0.6 is 0 Å². The number of aromatic amines is 2. The maximum absolute atomic E-state index is 14.9. The van der Waals surface area contributed by atoms with Crippen molar-refractivity contribution in [2.45, 2.75) is 108 Å². The largest absolute Gasteiger partial charge is 0.370 e. The molecule has 24 nitrogen and oxygen atoms in total. The number of aliphatic imine (C=N–C) groups is 3. The number of fused-ring (bicyclic) bond motifs is 2. The third kappa shape index (κ3) is 17.0. The molecule has 7 atom stereocenters. The minimum absolute atomic E-state index is 0.0496. The number of hydrogen-bond donors (Lipinski definition) is 15. The average molecular weight is 971 g/mol. The highest BCUT2D eigenvalue weighted by molar-refractivity contribution is 5.98. The average Bonchev–Trinajstić information content (AvgIpc) is 3.93. The van der Waals surface area contributed by atoms with E-state index in [4.69, 9.17) is 45.9 Å². The van der Waals surface area contributed by atoms with Gasteiger partial charge in [-0.1, -0.05) is 56.7 Å². The number of carbonyl (C=O) groups excluding carboxylic acids is 6. The van der Waals surface area contributed by atoms with Gasteiger partial charge >= 0.3 is 0 Å². The molecule has 2 aromatic carbocycles. The lowest BCUT2D eigenvalue weighted by Gasteiger charge is -2.29. The molecular weight excluding hydrogens is 901 g/mol. The van der Waals surface area contributed by atoms with Crippen molar-refractivity contribution in [2.75, 3.05) is 19.6 Å². The summed E-state index contributed by atoms with van der Waals surface area (Å²) in [5.41, 5.74) is 47.5. The van der Waals surface area contributed by atoms with E-state index in [1.165, 1.54) is 0 Å². The summed E-state index contributed by atoms with van der Waals surface area (Å²) in [5, 5.41) is 15.5. The van der Waals surface area contributed by atoms with E-state index in [1.54, 1.807) is 19.3 Å². The lowest BCUT2D eigenvalue weighted by molar-refractivity contribution is -0.135. The molecule has 70 heavy (non-hydrogen) atoms. The van der Waals surface area contributed by atoms with E-state index in [0.717, 1.165) is 21.8 Å². The normalized spacial score (nSPS) is 14.1. The summed E-state index contributed by atoms with van der Waals surface area (Å²) in [5.74, 6) is -5.13. The van der Waals surface area contributed by atoms with Gasteiger partial charge in [0.25, 0.3) is 0 Å². The minimum Gasteiger partial charge on any atom is -0.370 e. The van der Waals surface area contributed by atoms with Crippen molar-refractivity contribution in [1.29, 1.82) is 0 Å². The number of amides is 6. The zero-order valence-electron chi connectivity index (χ0n) is 39.7. The molecule has 0 unspecified atom stereocenters. The van der Waals surface area contributed by atoms with Crippen LogP contribution in [0.15, 0.2) is 75.9 Å². The van der Waals surface area contributed by atoms with Gasteiger partial charge in [0, 0.05) is 66.7 Å². The monoisotopic (exact) mass is 971 g/mol. The first-order valence-electron chi connectivity index (χ1n) is 23.2. The summed E-state index contributed by atoms with van der Waals surface area (Å²) in [7, 11) is 0. The first kappa shape index (κ1) is 54.7. The first-order valence-corrected chi connectivity index (χ1v) is 23.2. The molecule has 0 bridgehead atoms. The fourth-order valence-corrected chi connectivity index (χ4v) is 7.71. The van der Waals surface area contributed by atoms with Crippen LogP contribution in [0.3, 0.4) is 0 Å². The highest BCUT2D eigenvalue weighted by Crippen LogP contribution is 2.22. The predicted molar refractivity (Wildman–Crippen MR) is 270 cm³/mol. The van der Waals surface area contributed by atoms with Crippen LogP contribution in [0.25, 0.3) is 21.8 Å². The van der Waals surface area contributed by atoms with Crippen LogP contribution in [0.2, 0.25) is 0 Å². The van der Waals surface area contributed by atoms with Crippen LogP contribution in [0, 0.1) is 5.92 Å². The second-order valence-corrected chi connectivity index (χ2v) is 17.1. The maximum Gasteiger partial charge on any atom is 0.243 e. The van der Waals surface area contributed by atoms with Gasteiger partial charge in [0.1, 0.15) is 30.2 Å². The molecule has 4 rings (SSSR count). The topological polar surface area (TPSA) is 439 Å². The van der Waals surface area contributed by atoms with E-state index < -0.39 is 77.6 Å². The summed E-state index contributed by atoms with van der Waals surface area (Å²) < 4.78 is 0. The molecule has 0 fully saturated rings. The molecule has 0 aliphatic heterocycles. The standard InChI is InChI=1S/C46H70N18O6/c1-3-25(2)37(43(70)60-33(38(48)65)16-9-19-56-45(51)52)64-42(69)36(22-27-24-59-32-15-7-5-12-29(27)32)63-41(68)35(21-26-23-58-31-14-6-4-11-28(26)31)62-40(67)34(17-10-20-57-46(53)54)61-39(66)30(47)13-8-18-55-44(49)50/h4-7,11-12,14-15,23-25,30,33-37,58-59H,3,8-10,13,16-22,47H2,1-2H3,(H2,48,65)(H,60,70)(H,61,66)(H,62,67)(H,63,68)(H,64,69)(H4,49,50,55)(H4,51,52,56)(H4,53,54,57)/t25-,30-,33-,34-,35-,36-,37-/m0/s1. The number of aromatic nitrogens is 2. The number of carbonyl (C=O) groups is 6. The number of para-hydroxylation sites is 2. The van der Waals surface area contributed by atoms with Gasteiger partial charge in [0.2, 0.25) is 35.4 Å². The summed E-state index contributed by atoms with van der Waals surface area (Å²) in [6.45, 7) is 4.15. The van der Waals surface area contributed by atoms with E-state index in [1.807, 2.05) is 55.5 Å². The number of hydrogen-bond acceptors (Lipinski definition) is 10. The van der Waals surface area contributed by atoms with Crippen molar-refractivity contribution in [3.8, 4) is 0 Å². The number of guanidine groups is 3. The number of nitrogens with two attached hydrogens (primary N) is 8. The zero-order chi connectivity index (χ0) is 51.3. The van der Waals surface area contributed by atoms with Crippen molar-refractivity contribution >= 4 is 75.1 Å². The summed E-state index contributed by atoms with van der Waals surface area (Å²) in [4.78, 5) is 102. The van der Waals surface area contributed by atoms with Crippen molar-refractivity contribution < 1.29 is 28.8 Å². The number of benzene rings is 2. The van der Waals surface area contributed by atoms with Crippen LogP contribution in [0.4, 0.5) is 0 Å². The fraction of sp³-hybridized carbons (Fsp3) is 0.457. The highest BCUT2D eigenvalue weighted by atomic mass is 16.2. The van der Waals surface area contributed by atoms with Crippen LogP contribution in [0.5, 0.6) is 0 Å². The van der Waals surface area contributed by atoms with Crippen molar-refractivity contribution in [3.63, 3.8) is 0 Å². The fourth-order valence-electron chi connectivity index (χ4n) is 7.71. The van der Waals surface area contributed by atoms with E-state index in [0.29, 0.717) is 30.4 Å². The Labute approximate surface area is 405 Å². The van der Waals surface area contributed by atoms with Gasteiger partial charge < -0.3 is 82.4 Å². The zero-order valence-corrected chi connectivity index (χ0v) is 39.7. The number of rotatable bonds is 29. The molecule has 0 saturated carbocycles. The van der Waals surface area contributed by atoms with Crippen LogP contribution in [0.1, 0.15) is 69.9 Å². The molecule has 2 aromatic heterocycles. The molecule has 0 aliphatic carbocycles. The lowest BCUT2D eigenvalue weighted by atomic mass is 9.96. The Morgan fingerprint density at radius 2 is 0.929 bits per heavy atom. The molecule has 6 amide bonds. The Morgan fingerprint density at radius 3 is 1.39 bits per heavy atom. The number of H-pyrrole nitrogens is 2. The quantitative estimate of drug-likeness (QED) is 0.0157. The smallest absolute Gasteiger partial charge is 0.243 e. The van der Waals surface area contributed by atoms with E-state index >= 15 is 0 Å². The van der Waals surface area contributed by atoms with Crippen molar-refractivity contribution in [3.05, 3.63) is 72.1 Å². The number of nitrogens with one attached hydrogen (secondary N) is 7. The van der Waals surface area contributed by atoms with Gasteiger partial charge in [-0.15, -0.1) is 0 Å². The Hall–Kier alpha value is -7.89. The van der Waals surface area contributed by atoms with Gasteiger partial charge in [-0.2, -0.15) is 0 Å². The molecular formula is C46H70N18O6. The molecule has 23 N–H and O–H groups in total. The van der Waals surface area contributed by atoms with Crippen molar-refractivity contribution in [2.24, 2.45) is 66.8 Å². The Morgan fingerprint density at radius 1 is 0.529 bits per heavy atom. The Bertz CT molecular complexity index is 2490. The Kier molecular flexibility index (Phi) is 21.3. The van der Waals surface area contributed by atoms with Crippen LogP contribution in [-0.4, -0.2) is 119 Å². The molecule has 2 heterocycles. The van der Waals surface area contributed by atoms with E-state index in [2.05, 4.69) is 51.5 Å². The second kappa shape index (κ2) is 27.2. The third-order valence-corrected chi connectivity index (χ3v) is 11.7. The summed E-state index contributed by atoms with van der Waals surface area (Å²) in [6.07, 6.45) is 5.10. The highest BCUT2D eigenvalue weighted by Gasteiger charge is 2.35. The van der Waals surface area contributed by atoms with E-state index in [-0.39, 0.29) is 76.0 Å². The van der Waals surface area contributed by atoms with Gasteiger partial charge in [0.05, 0.1) is 6.04 Å². The SMILES string of the molecule is CC[C@H](C)[C@H](NC(=O)[C@H](Cc1c[nH]c2ccccc12)NC(=O)[C@H](Cc1c[nH]c2ccccc12)NC(=O)[C@H](CCCN=C(N)N)NC(=O)[C@@H](N)CCCN=C(N)N)C(=O)N[C@@H](CCCN=C(N)N)C(N)=O. The summed E-state index contributed by atoms with van der Waals surface area (Å²) in [6, 6.07) is 7.63. The van der Waals surface area contributed by atoms with Crippen molar-refractivity contribution in [1.82, 2.24) is 36.6 Å². The van der Waals surface area contributed by atoms with Gasteiger partial charge in [0.15, 0.2) is 17.9 Å². The molecule has 0 aliphatic rings. The van der Waals surface area contributed by atoms with Gasteiger partial charge in [-0.05, 0) is 67.7 Å². The summed E-state index contributed by atoms with van der Waals surface area (Å²) >= 11 is 0. The molecule has 24 heteroatoms. The van der Waals surface area contributed by atoms with Gasteiger partial charge in [-0.3, -0.25) is 43.7 Å². The Balaban J connectivity index is 1.69. The third-order valence-electron chi connectivity index (χ3n) is 11.7. The number of nitrogens with zero attached hydrogens (tertiary/aromatic N) is 3.